The summed E-state index contributed by atoms with van der Waals surface area (Å²) in [5.41, 5.74) is 0. The van der Waals surface area contributed by atoms with Gasteiger partial charge in [-0.2, -0.15) is 0 Å². The van der Waals surface area contributed by atoms with Gasteiger partial charge in [-0.25, -0.2) is 4.79 Å². The van der Waals surface area contributed by atoms with Crippen molar-refractivity contribution in [2.45, 2.75) is 19.8 Å². The summed E-state index contributed by atoms with van der Waals surface area (Å²) in [6.45, 7) is 1.58. The molecule has 0 aromatic carbocycles. The number of hydrogen-bond donors (Lipinski definition) is 1. The van der Waals surface area contributed by atoms with Crippen molar-refractivity contribution in [1.82, 2.24) is 0 Å². The molecule has 0 aromatic heterocycles. The number of ketones is 2. The van der Waals surface area contributed by atoms with Crippen molar-refractivity contribution in [3.63, 3.8) is 0 Å². The van der Waals surface area contributed by atoms with E-state index in [2.05, 4.69) is 0 Å². The number of Topliss-reactive ketones (excluding diaryl/α,β-unsaturated/α-hetero) is 2. The topological polar surface area (TPSA) is 71.4 Å². The molecule has 0 radical (unpaired) electrons. The Hall–Kier alpha value is -0.658. The van der Waals surface area contributed by atoms with Crippen LogP contribution in [0, 0.1) is 0 Å². The fraction of sp³-hybridized carbons (Fsp3) is 0.500. The molecule has 0 amide bonds. The Morgan fingerprint density at radius 2 is 1.73 bits per heavy atom. The van der Waals surface area contributed by atoms with Crippen LogP contribution in [-0.4, -0.2) is 22.6 Å². The molecule has 62 valence electrons. The Balaban J connectivity index is 0. The molecule has 0 heterocycles. The number of carboxylic acids is 1. The second-order valence-corrected chi connectivity index (χ2v) is 1.80. The monoisotopic (exact) mass is 196 g/mol. The fourth-order valence-corrected chi connectivity index (χ4v) is 0.380. The van der Waals surface area contributed by atoms with Crippen LogP contribution in [0.15, 0.2) is 0 Å². The molecule has 0 saturated heterocycles. The van der Waals surface area contributed by atoms with Crippen molar-refractivity contribution in [1.29, 1.82) is 0 Å². The van der Waals surface area contributed by atoms with Crippen LogP contribution in [0.25, 0.3) is 0 Å². The van der Waals surface area contributed by atoms with Gasteiger partial charge in [-0.15, -0.1) is 0 Å². The van der Waals surface area contributed by atoms with Gasteiger partial charge in [-0.1, -0.05) is 6.92 Å². The summed E-state index contributed by atoms with van der Waals surface area (Å²) in [6.07, 6.45) is -0.273. The molecule has 11 heavy (non-hydrogen) atoms. The van der Waals surface area contributed by atoms with Gasteiger partial charge in [-0.3, -0.25) is 9.59 Å². The van der Waals surface area contributed by atoms with Crippen LogP contribution < -0.4 is 0 Å². The van der Waals surface area contributed by atoms with Crippen LogP contribution in [0.3, 0.4) is 0 Å². The van der Waals surface area contributed by atoms with E-state index in [1.807, 2.05) is 0 Å². The molecule has 0 saturated carbocycles. The van der Waals surface area contributed by atoms with Crippen molar-refractivity contribution in [3.8, 4) is 0 Å². The Labute approximate surface area is 74.7 Å². The molecule has 0 aromatic rings. The molecular weight excluding hydrogens is 188 g/mol. The molecule has 0 rings (SSSR count). The summed E-state index contributed by atoms with van der Waals surface area (Å²) in [5.74, 6) is -2.92. The largest absolute Gasteiger partial charge is 0.475 e. The van der Waals surface area contributed by atoms with E-state index in [0.29, 0.717) is 0 Å². The van der Waals surface area contributed by atoms with Gasteiger partial charge in [0.1, 0.15) is 5.78 Å². The Morgan fingerprint density at radius 3 is 2.00 bits per heavy atom. The average molecular weight is 196 g/mol. The van der Waals surface area contributed by atoms with E-state index in [1.54, 1.807) is 6.92 Å². The first-order valence-electron chi connectivity index (χ1n) is 2.85. The van der Waals surface area contributed by atoms with Gasteiger partial charge in [-0.05, 0) is 0 Å². The van der Waals surface area contributed by atoms with E-state index in [4.69, 9.17) is 5.11 Å². The first-order valence-corrected chi connectivity index (χ1v) is 2.85. The maximum atomic E-state index is 10.4. The van der Waals surface area contributed by atoms with Crippen LogP contribution in [0.4, 0.5) is 0 Å². The van der Waals surface area contributed by atoms with Gasteiger partial charge >= 0.3 is 5.97 Å². The van der Waals surface area contributed by atoms with E-state index in [1.165, 1.54) is 0 Å². The first kappa shape index (κ1) is 13.0. The second-order valence-electron chi connectivity index (χ2n) is 1.80. The Morgan fingerprint density at radius 1 is 1.27 bits per heavy atom. The number of rotatable bonds is 4. The summed E-state index contributed by atoms with van der Waals surface area (Å²) in [6, 6.07) is 0. The quantitative estimate of drug-likeness (QED) is 0.507. The zero-order chi connectivity index (χ0) is 8.15. The zero-order valence-electron chi connectivity index (χ0n) is 5.99. The van der Waals surface area contributed by atoms with E-state index >= 15 is 0 Å². The van der Waals surface area contributed by atoms with Crippen LogP contribution in [0.1, 0.15) is 19.8 Å². The molecule has 0 aliphatic carbocycles. The fourth-order valence-electron chi connectivity index (χ4n) is 0.380. The van der Waals surface area contributed by atoms with Gasteiger partial charge < -0.3 is 5.11 Å². The average Bonchev–Trinajstić information content (AvgIpc) is 1.87. The summed E-state index contributed by atoms with van der Waals surface area (Å²) >= 11 is 0. The SMILES string of the molecule is CCC(=O)CC(=O)C(=O)O.[Cr]. The number of hydrogen-bond acceptors (Lipinski definition) is 3. The first-order chi connectivity index (χ1) is 4.57. The van der Waals surface area contributed by atoms with E-state index in [9.17, 15) is 14.4 Å². The van der Waals surface area contributed by atoms with Crippen molar-refractivity contribution in [2.24, 2.45) is 0 Å². The third-order valence-electron chi connectivity index (χ3n) is 0.991. The summed E-state index contributed by atoms with van der Waals surface area (Å²) < 4.78 is 0. The minimum atomic E-state index is -1.54. The molecule has 0 aliphatic rings. The van der Waals surface area contributed by atoms with Crippen molar-refractivity contribution in [2.75, 3.05) is 0 Å². The van der Waals surface area contributed by atoms with Gasteiger partial charge in [0.05, 0.1) is 6.42 Å². The summed E-state index contributed by atoms with van der Waals surface area (Å²) in [5, 5.41) is 8.02. The maximum absolute atomic E-state index is 10.4. The van der Waals surface area contributed by atoms with Crippen LogP contribution in [0.2, 0.25) is 0 Å². The van der Waals surface area contributed by atoms with E-state index < -0.39 is 18.2 Å². The van der Waals surface area contributed by atoms with E-state index in [-0.39, 0.29) is 29.6 Å². The smallest absolute Gasteiger partial charge is 0.372 e. The number of carbonyl (C=O) groups excluding carboxylic acids is 2. The number of carbonyl (C=O) groups is 3. The number of aliphatic carboxylic acids is 1. The third-order valence-corrected chi connectivity index (χ3v) is 0.991. The molecular formula is C6H8CrO4. The molecule has 0 bridgehead atoms. The molecule has 4 nitrogen and oxygen atoms in total. The predicted molar refractivity (Wildman–Crippen MR) is 32.6 cm³/mol. The molecule has 1 N–H and O–H groups in total. The predicted octanol–water partition coefficient (Wildman–Crippen LogP) is 0.00680. The maximum Gasteiger partial charge on any atom is 0.372 e. The van der Waals surface area contributed by atoms with Crippen molar-refractivity contribution >= 4 is 17.5 Å². The van der Waals surface area contributed by atoms with E-state index in [0.717, 1.165) is 0 Å². The molecule has 0 aliphatic heterocycles. The molecule has 0 unspecified atom stereocenters. The van der Waals surface area contributed by atoms with Crippen LogP contribution in [-0.2, 0) is 31.7 Å². The molecule has 0 fully saturated rings. The van der Waals surface area contributed by atoms with Gasteiger partial charge in [0.2, 0.25) is 5.78 Å². The standard InChI is InChI=1S/C6H8O4.Cr/c1-2-4(7)3-5(8)6(9)10;/h2-3H2,1H3,(H,9,10);. The second kappa shape index (κ2) is 6.08. The van der Waals surface area contributed by atoms with Crippen molar-refractivity contribution < 1.29 is 36.9 Å². The van der Waals surface area contributed by atoms with Gasteiger partial charge in [0.15, 0.2) is 0 Å². The normalized spacial score (nSPS) is 8.09. The number of carboxylic acid groups (broad SMARTS) is 1. The Bertz CT molecular complexity index is 175. The zero-order valence-corrected chi connectivity index (χ0v) is 7.27. The summed E-state index contributed by atoms with van der Waals surface area (Å²) in [7, 11) is 0. The third kappa shape index (κ3) is 5.77. The van der Waals surface area contributed by atoms with Gasteiger partial charge in [0, 0.05) is 23.8 Å². The molecule has 5 heteroatoms. The molecule has 0 atom stereocenters. The minimum absolute atomic E-state index is 0. The Kier molecular flexibility index (Phi) is 7.17. The van der Waals surface area contributed by atoms with Crippen LogP contribution in [0.5, 0.6) is 0 Å². The van der Waals surface area contributed by atoms with Gasteiger partial charge in [0.25, 0.3) is 0 Å². The van der Waals surface area contributed by atoms with Crippen molar-refractivity contribution in [3.05, 3.63) is 0 Å². The minimum Gasteiger partial charge on any atom is -0.475 e. The summed E-state index contributed by atoms with van der Waals surface area (Å²) in [4.78, 5) is 30.6. The van der Waals surface area contributed by atoms with Crippen LogP contribution >= 0.6 is 0 Å². The molecule has 0 spiro atoms.